The molecule has 0 aliphatic rings. The second-order valence-corrected chi connectivity index (χ2v) is 4.41. The van der Waals surface area contributed by atoms with E-state index in [1.807, 2.05) is 37.3 Å². The molecule has 0 atom stereocenters. The summed E-state index contributed by atoms with van der Waals surface area (Å²) in [6.45, 7) is 1.99. The zero-order valence-electron chi connectivity index (χ0n) is 10.5. The number of ketones is 1. The van der Waals surface area contributed by atoms with E-state index in [9.17, 15) is 4.79 Å². The van der Waals surface area contributed by atoms with Crippen molar-refractivity contribution in [1.29, 1.82) is 0 Å². The first-order valence-electron chi connectivity index (χ1n) is 6.07. The van der Waals surface area contributed by atoms with Crippen LogP contribution in [-0.4, -0.2) is 15.8 Å². The van der Waals surface area contributed by atoms with Gasteiger partial charge in [-0.05, 0) is 36.8 Å². The highest BCUT2D eigenvalue weighted by Gasteiger charge is 2.12. The minimum Gasteiger partial charge on any atom is -0.287 e. The number of aromatic nitrogens is 2. The number of aryl methyl sites for hydroxylation is 1. The Morgan fingerprint density at radius 2 is 1.95 bits per heavy atom. The van der Waals surface area contributed by atoms with E-state index >= 15 is 0 Å². The summed E-state index contributed by atoms with van der Waals surface area (Å²) >= 11 is 0. The molecule has 2 heterocycles. The van der Waals surface area contributed by atoms with Crippen molar-refractivity contribution >= 4 is 16.7 Å². The van der Waals surface area contributed by atoms with Crippen LogP contribution in [0.3, 0.4) is 0 Å². The number of carbonyl (C=O) groups is 1. The fourth-order valence-electron chi connectivity index (χ4n) is 2.11. The summed E-state index contributed by atoms with van der Waals surface area (Å²) in [6.07, 6.45) is 3.21. The van der Waals surface area contributed by atoms with Crippen molar-refractivity contribution in [2.75, 3.05) is 0 Å². The summed E-state index contributed by atoms with van der Waals surface area (Å²) in [5.41, 5.74) is 2.92. The molecule has 1 aromatic carbocycles. The van der Waals surface area contributed by atoms with Crippen LogP contribution in [-0.2, 0) is 0 Å². The molecule has 0 bridgehead atoms. The zero-order valence-corrected chi connectivity index (χ0v) is 10.5. The molecule has 0 aliphatic carbocycles. The fraction of sp³-hybridized carbons (Fsp3) is 0.0625. The van der Waals surface area contributed by atoms with Crippen LogP contribution in [0.1, 0.15) is 21.6 Å². The largest absolute Gasteiger partial charge is 0.287 e. The number of pyridine rings is 2. The minimum absolute atomic E-state index is 0.0954. The average molecular weight is 248 g/mol. The zero-order chi connectivity index (χ0) is 13.2. The van der Waals surface area contributed by atoms with Gasteiger partial charge >= 0.3 is 0 Å². The van der Waals surface area contributed by atoms with Crippen LogP contribution >= 0.6 is 0 Å². The molecule has 3 aromatic rings. The van der Waals surface area contributed by atoms with Crippen LogP contribution in [0.25, 0.3) is 10.9 Å². The van der Waals surface area contributed by atoms with E-state index in [1.54, 1.807) is 24.5 Å². The van der Waals surface area contributed by atoms with E-state index in [-0.39, 0.29) is 5.78 Å². The maximum Gasteiger partial charge on any atom is 0.212 e. The van der Waals surface area contributed by atoms with Crippen LogP contribution in [0.5, 0.6) is 0 Å². The molecule has 3 rings (SSSR count). The second kappa shape index (κ2) is 4.61. The van der Waals surface area contributed by atoms with E-state index < -0.39 is 0 Å². The maximum atomic E-state index is 12.3. The average Bonchev–Trinajstić information content (AvgIpc) is 2.47. The van der Waals surface area contributed by atoms with Gasteiger partial charge in [0, 0.05) is 23.3 Å². The van der Waals surface area contributed by atoms with Crippen LogP contribution in [0.2, 0.25) is 0 Å². The lowest BCUT2D eigenvalue weighted by molar-refractivity contribution is 0.103. The van der Waals surface area contributed by atoms with Gasteiger partial charge < -0.3 is 0 Å². The lowest BCUT2D eigenvalue weighted by Crippen LogP contribution is -2.05. The molecule has 0 aliphatic heterocycles. The Kier molecular flexibility index (Phi) is 2.80. The summed E-state index contributed by atoms with van der Waals surface area (Å²) in [5.74, 6) is -0.0954. The van der Waals surface area contributed by atoms with Gasteiger partial charge in [-0.2, -0.15) is 0 Å². The molecule has 3 nitrogen and oxygen atoms in total. The first kappa shape index (κ1) is 11.5. The van der Waals surface area contributed by atoms with Crippen molar-refractivity contribution in [1.82, 2.24) is 9.97 Å². The topological polar surface area (TPSA) is 42.9 Å². The predicted molar refractivity (Wildman–Crippen MR) is 74.1 cm³/mol. The molecular weight excluding hydrogens is 236 g/mol. The Bertz CT molecular complexity index is 751. The predicted octanol–water partition coefficient (Wildman–Crippen LogP) is 3.17. The highest BCUT2D eigenvalue weighted by Crippen LogP contribution is 2.18. The third kappa shape index (κ3) is 2.10. The van der Waals surface area contributed by atoms with E-state index in [4.69, 9.17) is 0 Å². The third-order valence-electron chi connectivity index (χ3n) is 3.08. The monoisotopic (exact) mass is 248 g/mol. The van der Waals surface area contributed by atoms with E-state index in [1.165, 1.54) is 0 Å². The third-order valence-corrected chi connectivity index (χ3v) is 3.08. The van der Waals surface area contributed by atoms with E-state index in [0.717, 1.165) is 16.5 Å². The number of rotatable bonds is 2. The number of fused-ring (bicyclic) bond motifs is 1. The number of para-hydroxylation sites is 1. The van der Waals surface area contributed by atoms with Gasteiger partial charge in [0.15, 0.2) is 0 Å². The first-order chi connectivity index (χ1) is 9.25. The minimum atomic E-state index is -0.0954. The van der Waals surface area contributed by atoms with E-state index in [0.29, 0.717) is 11.3 Å². The SMILES string of the molecule is Cc1cc(C(=O)c2cccnc2)nc2ccccc12. The summed E-state index contributed by atoms with van der Waals surface area (Å²) in [5, 5.41) is 1.07. The van der Waals surface area contributed by atoms with Crippen molar-refractivity contribution in [3.63, 3.8) is 0 Å². The van der Waals surface area contributed by atoms with Gasteiger partial charge in [0.1, 0.15) is 5.69 Å². The molecule has 0 saturated heterocycles. The van der Waals surface area contributed by atoms with Gasteiger partial charge in [0.25, 0.3) is 0 Å². The summed E-state index contributed by atoms with van der Waals surface area (Å²) in [7, 11) is 0. The highest BCUT2D eigenvalue weighted by molar-refractivity contribution is 6.08. The quantitative estimate of drug-likeness (QED) is 0.654. The Labute approximate surface area is 111 Å². The molecule has 2 aromatic heterocycles. The molecule has 0 radical (unpaired) electrons. The highest BCUT2D eigenvalue weighted by atomic mass is 16.1. The molecule has 92 valence electrons. The normalized spacial score (nSPS) is 10.6. The van der Waals surface area contributed by atoms with Crippen molar-refractivity contribution in [2.45, 2.75) is 6.92 Å². The smallest absolute Gasteiger partial charge is 0.212 e. The van der Waals surface area contributed by atoms with Gasteiger partial charge in [-0.25, -0.2) is 4.98 Å². The van der Waals surface area contributed by atoms with Crippen molar-refractivity contribution in [2.24, 2.45) is 0 Å². The number of nitrogens with zero attached hydrogens (tertiary/aromatic N) is 2. The summed E-state index contributed by atoms with van der Waals surface area (Å²) < 4.78 is 0. The summed E-state index contributed by atoms with van der Waals surface area (Å²) in [4.78, 5) is 20.7. The van der Waals surface area contributed by atoms with Gasteiger partial charge in [-0.1, -0.05) is 18.2 Å². The second-order valence-electron chi connectivity index (χ2n) is 4.41. The van der Waals surface area contributed by atoms with Crippen molar-refractivity contribution in [3.05, 3.63) is 71.7 Å². The Morgan fingerprint density at radius 1 is 1.11 bits per heavy atom. The van der Waals surface area contributed by atoms with E-state index in [2.05, 4.69) is 9.97 Å². The molecule has 0 amide bonds. The molecule has 0 N–H and O–H groups in total. The lowest BCUT2D eigenvalue weighted by atomic mass is 10.0. The number of carbonyl (C=O) groups excluding carboxylic acids is 1. The molecule has 3 heteroatoms. The standard InChI is InChI=1S/C16H12N2O/c1-11-9-15(16(19)12-5-4-8-17-10-12)18-14-7-3-2-6-13(11)14/h2-10H,1H3. The van der Waals surface area contributed by atoms with Crippen LogP contribution in [0, 0.1) is 6.92 Å². The Morgan fingerprint density at radius 3 is 2.74 bits per heavy atom. The molecular formula is C16H12N2O. The Hall–Kier alpha value is -2.55. The number of hydrogen-bond donors (Lipinski definition) is 0. The molecule has 0 spiro atoms. The maximum absolute atomic E-state index is 12.3. The van der Waals surface area contributed by atoms with Crippen molar-refractivity contribution in [3.8, 4) is 0 Å². The number of hydrogen-bond acceptors (Lipinski definition) is 3. The van der Waals surface area contributed by atoms with Crippen molar-refractivity contribution < 1.29 is 4.79 Å². The lowest BCUT2D eigenvalue weighted by Gasteiger charge is -2.05. The fourth-order valence-corrected chi connectivity index (χ4v) is 2.11. The first-order valence-corrected chi connectivity index (χ1v) is 6.07. The van der Waals surface area contributed by atoms with Crippen LogP contribution in [0.4, 0.5) is 0 Å². The molecule has 19 heavy (non-hydrogen) atoms. The molecule has 0 fully saturated rings. The number of benzene rings is 1. The van der Waals surface area contributed by atoms with Gasteiger partial charge in [-0.3, -0.25) is 9.78 Å². The van der Waals surface area contributed by atoms with Gasteiger partial charge in [0.05, 0.1) is 5.52 Å². The van der Waals surface area contributed by atoms with Crippen LogP contribution < -0.4 is 0 Å². The van der Waals surface area contributed by atoms with Gasteiger partial charge in [-0.15, -0.1) is 0 Å². The molecule has 0 saturated carbocycles. The summed E-state index contributed by atoms with van der Waals surface area (Å²) in [6, 6.07) is 13.2. The van der Waals surface area contributed by atoms with Gasteiger partial charge in [0.2, 0.25) is 5.78 Å². The van der Waals surface area contributed by atoms with Crippen LogP contribution in [0.15, 0.2) is 54.9 Å². The molecule has 0 unspecified atom stereocenters. The Balaban J connectivity index is 2.14.